The molecule has 1 fully saturated rings. The molecule has 1 saturated heterocycles. The maximum atomic E-state index is 3.66. The number of rotatable bonds is 6. The SMILES string of the molecule is CCNC(CCN1CCC(C)(CC)CC1)C(C)(C)C. The summed E-state index contributed by atoms with van der Waals surface area (Å²) in [5.41, 5.74) is 0.978. The van der Waals surface area contributed by atoms with Crippen LogP contribution in [0.1, 0.15) is 67.2 Å². The van der Waals surface area contributed by atoms with Crippen LogP contribution in [0.4, 0.5) is 0 Å². The Bertz CT molecular complexity index is 246. The van der Waals surface area contributed by atoms with Crippen LogP contribution in [0.3, 0.4) is 0 Å². The van der Waals surface area contributed by atoms with Crippen LogP contribution in [0.5, 0.6) is 0 Å². The molecule has 0 bridgehead atoms. The van der Waals surface area contributed by atoms with Crippen molar-refractivity contribution in [3.05, 3.63) is 0 Å². The van der Waals surface area contributed by atoms with E-state index in [1.54, 1.807) is 0 Å². The molecule has 114 valence electrons. The van der Waals surface area contributed by atoms with E-state index in [9.17, 15) is 0 Å². The standard InChI is InChI=1S/C17H36N2/c1-7-17(6)10-13-19(14-11-17)12-9-15(18-8-2)16(3,4)5/h15,18H,7-14H2,1-6H3. The Labute approximate surface area is 121 Å². The second kappa shape index (κ2) is 7.08. The van der Waals surface area contributed by atoms with Gasteiger partial charge >= 0.3 is 0 Å². The van der Waals surface area contributed by atoms with Crippen molar-refractivity contribution in [2.75, 3.05) is 26.2 Å². The summed E-state index contributed by atoms with van der Waals surface area (Å²) >= 11 is 0. The summed E-state index contributed by atoms with van der Waals surface area (Å²) in [4.78, 5) is 2.67. The fourth-order valence-electron chi connectivity index (χ4n) is 3.07. The number of hydrogen-bond donors (Lipinski definition) is 1. The number of hydrogen-bond acceptors (Lipinski definition) is 2. The molecule has 1 aliphatic heterocycles. The van der Waals surface area contributed by atoms with Gasteiger partial charge in [-0.05, 0) is 56.3 Å². The Morgan fingerprint density at radius 2 is 1.74 bits per heavy atom. The highest BCUT2D eigenvalue weighted by molar-refractivity contribution is 4.84. The molecule has 0 spiro atoms. The topological polar surface area (TPSA) is 15.3 Å². The van der Waals surface area contributed by atoms with Crippen LogP contribution in [0.15, 0.2) is 0 Å². The quantitative estimate of drug-likeness (QED) is 0.785. The molecule has 0 amide bonds. The third kappa shape index (κ3) is 5.43. The van der Waals surface area contributed by atoms with E-state index in [4.69, 9.17) is 0 Å². The molecule has 0 saturated carbocycles. The Morgan fingerprint density at radius 1 is 1.16 bits per heavy atom. The van der Waals surface area contributed by atoms with Crippen molar-refractivity contribution in [2.24, 2.45) is 10.8 Å². The van der Waals surface area contributed by atoms with E-state index in [1.807, 2.05) is 0 Å². The molecule has 0 radical (unpaired) electrons. The van der Waals surface area contributed by atoms with Gasteiger partial charge in [0.2, 0.25) is 0 Å². The lowest BCUT2D eigenvalue weighted by Gasteiger charge is -2.40. The van der Waals surface area contributed by atoms with E-state index in [2.05, 4.69) is 51.8 Å². The number of nitrogens with zero attached hydrogens (tertiary/aromatic N) is 1. The third-order valence-corrected chi connectivity index (χ3v) is 5.15. The number of likely N-dealkylation sites (tertiary alicyclic amines) is 1. The molecular weight excluding hydrogens is 232 g/mol. The summed E-state index contributed by atoms with van der Waals surface area (Å²) in [7, 11) is 0. The molecule has 0 aromatic carbocycles. The number of nitrogens with one attached hydrogen (secondary N) is 1. The Kier molecular flexibility index (Phi) is 6.32. The van der Waals surface area contributed by atoms with Crippen LogP contribution < -0.4 is 5.32 Å². The van der Waals surface area contributed by atoms with E-state index in [0.29, 0.717) is 16.9 Å². The Morgan fingerprint density at radius 3 is 2.16 bits per heavy atom. The minimum atomic E-state index is 0.365. The van der Waals surface area contributed by atoms with Crippen LogP contribution in [-0.4, -0.2) is 37.1 Å². The van der Waals surface area contributed by atoms with E-state index < -0.39 is 0 Å². The third-order valence-electron chi connectivity index (χ3n) is 5.15. The molecule has 19 heavy (non-hydrogen) atoms. The molecule has 0 aliphatic carbocycles. The van der Waals surface area contributed by atoms with E-state index in [1.165, 1.54) is 45.3 Å². The van der Waals surface area contributed by atoms with Crippen LogP contribution in [0.25, 0.3) is 0 Å². The summed E-state index contributed by atoms with van der Waals surface area (Å²) in [5, 5.41) is 3.66. The Balaban J connectivity index is 2.36. The molecular formula is C17H36N2. The van der Waals surface area contributed by atoms with E-state index in [-0.39, 0.29) is 0 Å². The summed E-state index contributed by atoms with van der Waals surface area (Å²) in [6.07, 6.45) is 5.37. The maximum Gasteiger partial charge on any atom is 0.0128 e. The van der Waals surface area contributed by atoms with Gasteiger partial charge in [0.1, 0.15) is 0 Å². The van der Waals surface area contributed by atoms with Gasteiger partial charge in [-0.1, -0.05) is 48.0 Å². The average Bonchev–Trinajstić information content (AvgIpc) is 2.35. The van der Waals surface area contributed by atoms with E-state index >= 15 is 0 Å². The van der Waals surface area contributed by atoms with Gasteiger partial charge in [0, 0.05) is 6.04 Å². The van der Waals surface area contributed by atoms with Gasteiger partial charge in [0.15, 0.2) is 0 Å². The van der Waals surface area contributed by atoms with Crippen LogP contribution >= 0.6 is 0 Å². The lowest BCUT2D eigenvalue weighted by molar-refractivity contribution is 0.105. The smallest absolute Gasteiger partial charge is 0.0128 e. The highest BCUT2D eigenvalue weighted by Gasteiger charge is 2.29. The summed E-state index contributed by atoms with van der Waals surface area (Å²) in [6, 6.07) is 0.636. The lowest BCUT2D eigenvalue weighted by atomic mass is 9.78. The molecule has 1 aliphatic rings. The first-order chi connectivity index (χ1) is 8.80. The van der Waals surface area contributed by atoms with Gasteiger partial charge in [-0.15, -0.1) is 0 Å². The molecule has 1 atom stereocenters. The average molecular weight is 268 g/mol. The maximum absolute atomic E-state index is 3.66. The highest BCUT2D eigenvalue weighted by atomic mass is 15.1. The molecule has 1 rings (SSSR count). The summed E-state index contributed by atoms with van der Waals surface area (Å²) < 4.78 is 0. The first kappa shape index (κ1) is 17.0. The number of piperidine rings is 1. The summed E-state index contributed by atoms with van der Waals surface area (Å²) in [6.45, 7) is 19.0. The van der Waals surface area contributed by atoms with Crippen molar-refractivity contribution in [1.82, 2.24) is 10.2 Å². The summed E-state index contributed by atoms with van der Waals surface area (Å²) in [5.74, 6) is 0. The second-order valence-electron chi connectivity index (χ2n) is 7.77. The zero-order valence-corrected chi connectivity index (χ0v) is 14.2. The largest absolute Gasteiger partial charge is 0.314 e. The minimum Gasteiger partial charge on any atom is -0.314 e. The van der Waals surface area contributed by atoms with Crippen molar-refractivity contribution in [2.45, 2.75) is 73.3 Å². The molecule has 0 aromatic heterocycles. The van der Waals surface area contributed by atoms with Crippen molar-refractivity contribution in [1.29, 1.82) is 0 Å². The van der Waals surface area contributed by atoms with Crippen LogP contribution in [0.2, 0.25) is 0 Å². The van der Waals surface area contributed by atoms with Crippen molar-refractivity contribution < 1.29 is 0 Å². The van der Waals surface area contributed by atoms with Crippen molar-refractivity contribution >= 4 is 0 Å². The molecule has 2 nitrogen and oxygen atoms in total. The van der Waals surface area contributed by atoms with Gasteiger partial charge in [0.05, 0.1) is 0 Å². The molecule has 1 N–H and O–H groups in total. The highest BCUT2D eigenvalue weighted by Crippen LogP contribution is 2.34. The second-order valence-corrected chi connectivity index (χ2v) is 7.77. The minimum absolute atomic E-state index is 0.365. The van der Waals surface area contributed by atoms with Crippen molar-refractivity contribution in [3.8, 4) is 0 Å². The fourth-order valence-corrected chi connectivity index (χ4v) is 3.07. The normalized spacial score (nSPS) is 22.4. The van der Waals surface area contributed by atoms with Crippen LogP contribution in [0, 0.1) is 10.8 Å². The molecule has 2 heteroatoms. The first-order valence-corrected chi connectivity index (χ1v) is 8.26. The van der Waals surface area contributed by atoms with Gasteiger partial charge in [-0.3, -0.25) is 0 Å². The molecule has 0 aromatic rings. The predicted molar refractivity (Wildman–Crippen MR) is 85.6 cm³/mol. The fraction of sp³-hybridized carbons (Fsp3) is 1.00. The monoisotopic (exact) mass is 268 g/mol. The molecule has 1 heterocycles. The Hall–Kier alpha value is -0.0800. The molecule has 1 unspecified atom stereocenters. The van der Waals surface area contributed by atoms with Crippen LogP contribution in [-0.2, 0) is 0 Å². The zero-order chi connectivity index (χ0) is 14.5. The van der Waals surface area contributed by atoms with Gasteiger partial charge in [0.25, 0.3) is 0 Å². The van der Waals surface area contributed by atoms with Crippen molar-refractivity contribution in [3.63, 3.8) is 0 Å². The van der Waals surface area contributed by atoms with Gasteiger partial charge in [-0.2, -0.15) is 0 Å². The lowest BCUT2D eigenvalue weighted by Crippen LogP contribution is -2.45. The van der Waals surface area contributed by atoms with Gasteiger partial charge < -0.3 is 10.2 Å². The predicted octanol–water partition coefficient (Wildman–Crippen LogP) is 3.91. The zero-order valence-electron chi connectivity index (χ0n) is 14.2. The van der Waals surface area contributed by atoms with E-state index in [0.717, 1.165) is 6.54 Å². The van der Waals surface area contributed by atoms with Gasteiger partial charge in [-0.25, -0.2) is 0 Å². The first-order valence-electron chi connectivity index (χ1n) is 8.26.